The first-order valence-electron chi connectivity index (χ1n) is 5.93. The van der Waals surface area contributed by atoms with Crippen LogP contribution in [0.25, 0.3) is 6.08 Å². The molecule has 1 aliphatic heterocycles. The molecule has 0 aliphatic carbocycles. The van der Waals surface area contributed by atoms with Crippen LogP contribution in [0.15, 0.2) is 17.3 Å². The molecule has 0 unspecified atom stereocenters. The van der Waals surface area contributed by atoms with Crippen LogP contribution in [0, 0.1) is 0 Å². The van der Waals surface area contributed by atoms with Gasteiger partial charge in [0.1, 0.15) is 10.1 Å². The molecule has 20 heavy (non-hydrogen) atoms. The summed E-state index contributed by atoms with van der Waals surface area (Å²) in [6.45, 7) is 0.328. The highest BCUT2D eigenvalue weighted by atomic mass is 32.2. The first kappa shape index (κ1) is 14.7. The molecular formula is C12H13N3O3S2. The average Bonchev–Trinajstić information content (AvgIpc) is 2.88. The molecule has 106 valence electrons. The number of carboxylic acids is 1. The molecule has 0 saturated carbocycles. The van der Waals surface area contributed by atoms with Crippen molar-refractivity contribution in [3.8, 4) is 0 Å². The fourth-order valence-electron chi connectivity index (χ4n) is 1.71. The SMILES string of the molecule is Cn1ccnc1C=C1SC(=S)N(CCCC(=O)O)C1=O. The Morgan fingerprint density at radius 3 is 2.95 bits per heavy atom. The number of hydrogen-bond acceptors (Lipinski definition) is 5. The molecule has 8 heteroatoms. The molecule has 1 amide bonds. The summed E-state index contributed by atoms with van der Waals surface area (Å²) in [4.78, 5) is 28.8. The highest BCUT2D eigenvalue weighted by Gasteiger charge is 2.31. The van der Waals surface area contributed by atoms with Gasteiger partial charge >= 0.3 is 5.97 Å². The quantitative estimate of drug-likeness (QED) is 0.656. The molecule has 1 aliphatic rings. The molecular weight excluding hydrogens is 298 g/mol. The summed E-state index contributed by atoms with van der Waals surface area (Å²) in [5.74, 6) is -0.386. The zero-order valence-corrected chi connectivity index (χ0v) is 12.4. The monoisotopic (exact) mass is 311 g/mol. The van der Waals surface area contributed by atoms with Crippen molar-refractivity contribution in [2.24, 2.45) is 7.05 Å². The van der Waals surface area contributed by atoms with Gasteiger partial charge < -0.3 is 9.67 Å². The van der Waals surface area contributed by atoms with E-state index < -0.39 is 5.97 Å². The molecule has 6 nitrogen and oxygen atoms in total. The Labute approximate surface area is 125 Å². The molecule has 2 heterocycles. The van der Waals surface area contributed by atoms with Gasteiger partial charge in [-0.15, -0.1) is 0 Å². The molecule has 1 aromatic rings. The summed E-state index contributed by atoms with van der Waals surface area (Å²) in [6, 6.07) is 0. The maximum atomic E-state index is 12.2. The van der Waals surface area contributed by atoms with Crippen LogP contribution in [0.3, 0.4) is 0 Å². The summed E-state index contributed by atoms with van der Waals surface area (Å²) < 4.78 is 2.26. The maximum Gasteiger partial charge on any atom is 0.303 e. The van der Waals surface area contributed by atoms with Gasteiger partial charge in [0.05, 0.1) is 4.91 Å². The van der Waals surface area contributed by atoms with Gasteiger partial charge in [0, 0.05) is 38.5 Å². The molecule has 1 N–H and O–H groups in total. The Balaban J connectivity index is 2.07. The minimum atomic E-state index is -0.876. The lowest BCUT2D eigenvalue weighted by molar-refractivity contribution is -0.137. The number of hydrogen-bond donors (Lipinski definition) is 1. The zero-order valence-electron chi connectivity index (χ0n) is 10.8. The normalized spacial score (nSPS) is 17.2. The van der Waals surface area contributed by atoms with Crippen molar-refractivity contribution in [3.63, 3.8) is 0 Å². The number of amides is 1. The number of thioether (sulfide) groups is 1. The number of aryl methyl sites for hydroxylation is 1. The van der Waals surface area contributed by atoms with Crippen LogP contribution in [0.1, 0.15) is 18.7 Å². The van der Waals surface area contributed by atoms with Crippen molar-refractivity contribution in [2.45, 2.75) is 12.8 Å². The zero-order chi connectivity index (χ0) is 14.7. The highest BCUT2D eigenvalue weighted by molar-refractivity contribution is 8.26. The first-order chi connectivity index (χ1) is 9.49. The van der Waals surface area contributed by atoms with E-state index in [1.165, 1.54) is 16.7 Å². The molecule has 1 saturated heterocycles. The standard InChI is InChI=1S/C12H13N3O3S2/c1-14-6-4-13-9(14)7-8-11(18)15(12(19)20-8)5-2-3-10(16)17/h4,6-7H,2-3,5H2,1H3,(H,16,17). The predicted octanol–water partition coefficient (Wildman–Crippen LogP) is 1.49. The Morgan fingerprint density at radius 1 is 1.60 bits per heavy atom. The number of rotatable bonds is 5. The van der Waals surface area contributed by atoms with Crippen molar-refractivity contribution in [1.29, 1.82) is 0 Å². The van der Waals surface area contributed by atoms with Gasteiger partial charge in [-0.25, -0.2) is 4.98 Å². The Hall–Kier alpha value is -1.67. The Morgan fingerprint density at radius 2 is 2.35 bits per heavy atom. The number of carboxylic acid groups (broad SMARTS) is 1. The second-order valence-electron chi connectivity index (χ2n) is 4.23. The lowest BCUT2D eigenvalue weighted by Gasteiger charge is -2.13. The Kier molecular flexibility index (Phi) is 4.56. The molecule has 1 fully saturated rings. The Bertz CT molecular complexity index is 595. The van der Waals surface area contributed by atoms with Gasteiger partial charge in [0.2, 0.25) is 0 Å². The minimum absolute atomic E-state index is 0.0233. The van der Waals surface area contributed by atoms with Crippen molar-refractivity contribution in [3.05, 3.63) is 23.1 Å². The number of nitrogens with zero attached hydrogens (tertiary/aromatic N) is 3. The van der Waals surface area contributed by atoms with E-state index >= 15 is 0 Å². The van der Waals surface area contributed by atoms with E-state index in [1.54, 1.807) is 23.0 Å². The molecule has 0 spiro atoms. The molecule has 0 bridgehead atoms. The summed E-state index contributed by atoms with van der Waals surface area (Å²) in [7, 11) is 1.84. The molecule has 2 rings (SSSR count). The van der Waals surface area contributed by atoms with Gasteiger partial charge in [0.25, 0.3) is 5.91 Å². The van der Waals surface area contributed by atoms with Crippen LogP contribution >= 0.6 is 24.0 Å². The molecule has 0 radical (unpaired) electrons. The van der Waals surface area contributed by atoms with E-state index in [9.17, 15) is 9.59 Å². The lowest BCUT2D eigenvalue weighted by Crippen LogP contribution is -2.29. The lowest BCUT2D eigenvalue weighted by atomic mass is 10.3. The van der Waals surface area contributed by atoms with Crippen LogP contribution in [0.2, 0.25) is 0 Å². The predicted molar refractivity (Wildman–Crippen MR) is 80.0 cm³/mol. The van der Waals surface area contributed by atoms with E-state index in [0.29, 0.717) is 28.0 Å². The van der Waals surface area contributed by atoms with E-state index in [0.717, 1.165) is 0 Å². The van der Waals surface area contributed by atoms with Crippen molar-refractivity contribution >= 4 is 46.3 Å². The maximum absolute atomic E-state index is 12.2. The van der Waals surface area contributed by atoms with E-state index in [1.807, 2.05) is 7.05 Å². The van der Waals surface area contributed by atoms with Crippen LogP contribution < -0.4 is 0 Å². The fraction of sp³-hybridized carbons (Fsp3) is 0.333. The smallest absolute Gasteiger partial charge is 0.303 e. The third kappa shape index (κ3) is 3.26. The van der Waals surface area contributed by atoms with Gasteiger partial charge in [-0.05, 0) is 6.42 Å². The van der Waals surface area contributed by atoms with Crippen molar-refractivity contribution in [1.82, 2.24) is 14.5 Å². The van der Waals surface area contributed by atoms with E-state index in [4.69, 9.17) is 17.3 Å². The first-order valence-corrected chi connectivity index (χ1v) is 7.16. The van der Waals surface area contributed by atoms with Crippen LogP contribution in [-0.4, -0.2) is 42.3 Å². The molecule has 0 atom stereocenters. The number of aromatic nitrogens is 2. The summed E-state index contributed by atoms with van der Waals surface area (Å²) in [5, 5.41) is 8.61. The van der Waals surface area contributed by atoms with Crippen LogP contribution in [0.4, 0.5) is 0 Å². The third-order valence-electron chi connectivity index (χ3n) is 2.76. The van der Waals surface area contributed by atoms with E-state index in [-0.39, 0.29) is 12.3 Å². The van der Waals surface area contributed by atoms with Crippen molar-refractivity contribution < 1.29 is 14.7 Å². The van der Waals surface area contributed by atoms with Gasteiger partial charge in [0.15, 0.2) is 0 Å². The highest BCUT2D eigenvalue weighted by Crippen LogP contribution is 2.32. The topological polar surface area (TPSA) is 75.4 Å². The number of carbonyl (C=O) groups excluding carboxylic acids is 1. The van der Waals surface area contributed by atoms with Gasteiger partial charge in [-0.3, -0.25) is 14.5 Å². The number of imidazole rings is 1. The fourth-order valence-corrected chi connectivity index (χ4v) is 2.99. The van der Waals surface area contributed by atoms with Gasteiger partial charge in [-0.1, -0.05) is 24.0 Å². The largest absolute Gasteiger partial charge is 0.481 e. The second-order valence-corrected chi connectivity index (χ2v) is 5.90. The second kappa shape index (κ2) is 6.19. The summed E-state index contributed by atoms with van der Waals surface area (Å²) in [6.07, 6.45) is 5.54. The van der Waals surface area contributed by atoms with Crippen LogP contribution in [-0.2, 0) is 16.6 Å². The third-order valence-corrected chi connectivity index (χ3v) is 4.14. The molecule has 0 aromatic carbocycles. The van der Waals surface area contributed by atoms with E-state index in [2.05, 4.69) is 4.98 Å². The average molecular weight is 311 g/mol. The summed E-state index contributed by atoms with van der Waals surface area (Å²) >= 11 is 6.37. The minimum Gasteiger partial charge on any atom is -0.481 e. The van der Waals surface area contributed by atoms with Crippen LogP contribution in [0.5, 0.6) is 0 Å². The number of aliphatic carboxylic acids is 1. The van der Waals surface area contributed by atoms with Gasteiger partial charge in [-0.2, -0.15) is 0 Å². The molecule has 1 aromatic heterocycles. The number of carbonyl (C=O) groups is 2. The van der Waals surface area contributed by atoms with Crippen molar-refractivity contribution in [2.75, 3.05) is 6.54 Å². The number of thiocarbonyl (C=S) groups is 1. The summed E-state index contributed by atoms with van der Waals surface area (Å²) in [5.41, 5.74) is 0.